The van der Waals surface area contributed by atoms with Crippen molar-refractivity contribution in [2.75, 3.05) is 26.2 Å². The van der Waals surface area contributed by atoms with Crippen molar-refractivity contribution in [2.45, 2.75) is 47.6 Å². The summed E-state index contributed by atoms with van der Waals surface area (Å²) >= 11 is 0. The highest BCUT2D eigenvalue weighted by Gasteiger charge is 2.17. The Morgan fingerprint density at radius 3 is 1.40 bits per heavy atom. The highest BCUT2D eigenvalue weighted by Crippen LogP contribution is 1.98. The average molecular weight is 285 g/mol. The Bertz CT molecular complexity index is 275. The van der Waals surface area contributed by atoms with Crippen molar-refractivity contribution in [1.29, 1.82) is 0 Å². The molecule has 0 aliphatic heterocycles. The molecular formula is C15H31N3O2. The van der Waals surface area contributed by atoms with Gasteiger partial charge in [-0.3, -0.25) is 14.5 Å². The van der Waals surface area contributed by atoms with Crippen LogP contribution in [0.4, 0.5) is 0 Å². The quantitative estimate of drug-likeness (QED) is 0.670. The fourth-order valence-corrected chi connectivity index (χ4v) is 1.54. The normalized spacial score (nSPS) is 11.5. The van der Waals surface area contributed by atoms with E-state index in [1.807, 2.05) is 18.7 Å². The zero-order valence-corrected chi connectivity index (χ0v) is 13.8. The summed E-state index contributed by atoms with van der Waals surface area (Å²) in [6.07, 6.45) is 0. The fourth-order valence-electron chi connectivity index (χ4n) is 1.54. The number of hydrogen-bond donors (Lipinski definition) is 2. The third kappa shape index (κ3) is 9.78. The van der Waals surface area contributed by atoms with Gasteiger partial charge in [0.15, 0.2) is 0 Å². The van der Waals surface area contributed by atoms with Crippen LogP contribution in [0.2, 0.25) is 0 Å². The van der Waals surface area contributed by atoms with Gasteiger partial charge < -0.3 is 10.6 Å². The number of nitrogens with zero attached hydrogens (tertiary/aromatic N) is 1. The lowest BCUT2D eigenvalue weighted by atomic mass is 10.2. The lowest BCUT2D eigenvalue weighted by Crippen LogP contribution is -2.46. The molecule has 0 saturated heterocycles. The number of rotatable bonds is 9. The molecule has 2 amide bonds. The van der Waals surface area contributed by atoms with E-state index in [4.69, 9.17) is 0 Å². The second-order valence-electron chi connectivity index (χ2n) is 6.39. The van der Waals surface area contributed by atoms with E-state index in [2.05, 4.69) is 38.3 Å². The minimum Gasteiger partial charge on any atom is -0.355 e. The van der Waals surface area contributed by atoms with E-state index in [9.17, 15) is 9.59 Å². The summed E-state index contributed by atoms with van der Waals surface area (Å²) in [6, 6.07) is 0.157. The van der Waals surface area contributed by atoms with E-state index in [1.165, 1.54) is 0 Å². The van der Waals surface area contributed by atoms with Crippen LogP contribution < -0.4 is 10.6 Å². The van der Waals surface area contributed by atoms with Gasteiger partial charge in [-0.05, 0) is 25.7 Å². The Labute approximate surface area is 123 Å². The summed E-state index contributed by atoms with van der Waals surface area (Å²) in [6.45, 7) is 14.1. The first-order valence-corrected chi connectivity index (χ1v) is 7.49. The molecule has 0 aliphatic rings. The summed E-state index contributed by atoms with van der Waals surface area (Å²) in [7, 11) is 0. The fraction of sp³-hybridized carbons (Fsp3) is 0.867. The predicted octanol–water partition coefficient (Wildman–Crippen LogP) is 1.24. The van der Waals surface area contributed by atoms with Gasteiger partial charge >= 0.3 is 0 Å². The van der Waals surface area contributed by atoms with E-state index < -0.39 is 0 Å². The lowest BCUT2D eigenvalue weighted by molar-refractivity contribution is -0.126. The first kappa shape index (κ1) is 18.9. The molecular weight excluding hydrogens is 254 g/mol. The maximum absolute atomic E-state index is 11.8. The maximum Gasteiger partial charge on any atom is 0.234 e. The van der Waals surface area contributed by atoms with Gasteiger partial charge in [-0.25, -0.2) is 0 Å². The van der Waals surface area contributed by atoms with Gasteiger partial charge in [0.25, 0.3) is 0 Å². The maximum atomic E-state index is 11.8. The Morgan fingerprint density at radius 1 is 0.800 bits per heavy atom. The van der Waals surface area contributed by atoms with Gasteiger partial charge in [0, 0.05) is 19.1 Å². The number of nitrogens with one attached hydrogen (secondary N) is 2. The molecule has 0 aromatic carbocycles. The molecule has 0 atom stereocenters. The standard InChI is InChI=1S/C15H31N3O2/c1-11(2)7-16-14(19)9-18(13(5)6)10-15(20)17-8-12(3)4/h11-13H,7-10H2,1-6H3,(H,16,19)(H,17,20). The van der Waals surface area contributed by atoms with Crippen LogP contribution >= 0.6 is 0 Å². The minimum absolute atomic E-state index is 0.0240. The minimum atomic E-state index is -0.0240. The molecule has 0 radical (unpaired) electrons. The van der Waals surface area contributed by atoms with Gasteiger partial charge in [-0.15, -0.1) is 0 Å². The number of amides is 2. The molecule has 2 N–H and O–H groups in total. The van der Waals surface area contributed by atoms with Crippen LogP contribution in [0.25, 0.3) is 0 Å². The summed E-state index contributed by atoms with van der Waals surface area (Å²) in [5.41, 5.74) is 0. The first-order chi connectivity index (χ1) is 9.22. The SMILES string of the molecule is CC(C)CNC(=O)CN(CC(=O)NCC(C)C)C(C)C. The Morgan fingerprint density at radius 2 is 1.15 bits per heavy atom. The molecule has 0 bridgehead atoms. The zero-order chi connectivity index (χ0) is 15.7. The van der Waals surface area contributed by atoms with E-state index in [-0.39, 0.29) is 30.9 Å². The number of hydrogen-bond acceptors (Lipinski definition) is 3. The van der Waals surface area contributed by atoms with Crippen LogP contribution in [-0.2, 0) is 9.59 Å². The molecule has 118 valence electrons. The molecule has 0 aromatic heterocycles. The van der Waals surface area contributed by atoms with Gasteiger partial charge in [0.1, 0.15) is 0 Å². The highest BCUT2D eigenvalue weighted by molar-refractivity contribution is 5.81. The lowest BCUT2D eigenvalue weighted by Gasteiger charge is -2.25. The molecule has 0 heterocycles. The molecule has 0 aliphatic carbocycles. The van der Waals surface area contributed by atoms with Crippen molar-refractivity contribution in [3.05, 3.63) is 0 Å². The average Bonchev–Trinajstić information content (AvgIpc) is 2.32. The monoisotopic (exact) mass is 285 g/mol. The van der Waals surface area contributed by atoms with Crippen LogP contribution in [0.15, 0.2) is 0 Å². The highest BCUT2D eigenvalue weighted by atomic mass is 16.2. The smallest absolute Gasteiger partial charge is 0.234 e. The zero-order valence-electron chi connectivity index (χ0n) is 13.8. The van der Waals surface area contributed by atoms with Crippen molar-refractivity contribution in [3.63, 3.8) is 0 Å². The third-order valence-corrected chi connectivity index (χ3v) is 2.84. The van der Waals surface area contributed by atoms with Gasteiger partial charge in [-0.2, -0.15) is 0 Å². The van der Waals surface area contributed by atoms with Crippen molar-refractivity contribution < 1.29 is 9.59 Å². The molecule has 0 aromatic rings. The van der Waals surface area contributed by atoms with Crippen LogP contribution in [0.5, 0.6) is 0 Å². The van der Waals surface area contributed by atoms with E-state index in [0.717, 1.165) is 0 Å². The van der Waals surface area contributed by atoms with Gasteiger partial charge in [0.2, 0.25) is 11.8 Å². The summed E-state index contributed by atoms with van der Waals surface area (Å²) in [5, 5.41) is 5.76. The molecule has 20 heavy (non-hydrogen) atoms. The van der Waals surface area contributed by atoms with Crippen LogP contribution in [0, 0.1) is 11.8 Å². The molecule has 5 nitrogen and oxygen atoms in total. The summed E-state index contributed by atoms with van der Waals surface area (Å²) < 4.78 is 0. The second kappa shape index (κ2) is 9.75. The predicted molar refractivity (Wildman–Crippen MR) is 82.4 cm³/mol. The van der Waals surface area contributed by atoms with Crippen molar-refractivity contribution in [1.82, 2.24) is 15.5 Å². The van der Waals surface area contributed by atoms with Gasteiger partial charge in [-0.1, -0.05) is 27.7 Å². The molecule has 0 fully saturated rings. The molecule has 0 spiro atoms. The third-order valence-electron chi connectivity index (χ3n) is 2.84. The Balaban J connectivity index is 4.22. The largest absolute Gasteiger partial charge is 0.355 e. The summed E-state index contributed by atoms with van der Waals surface area (Å²) in [5.74, 6) is 0.815. The van der Waals surface area contributed by atoms with Gasteiger partial charge in [0.05, 0.1) is 13.1 Å². The van der Waals surface area contributed by atoms with Crippen molar-refractivity contribution in [3.8, 4) is 0 Å². The number of carbonyl (C=O) groups is 2. The van der Waals surface area contributed by atoms with Crippen molar-refractivity contribution >= 4 is 11.8 Å². The molecule has 0 unspecified atom stereocenters. The van der Waals surface area contributed by atoms with Crippen LogP contribution in [-0.4, -0.2) is 48.9 Å². The van der Waals surface area contributed by atoms with Crippen LogP contribution in [0.1, 0.15) is 41.5 Å². The molecule has 0 saturated carbocycles. The van der Waals surface area contributed by atoms with Crippen LogP contribution in [0.3, 0.4) is 0 Å². The van der Waals surface area contributed by atoms with Crippen molar-refractivity contribution in [2.24, 2.45) is 11.8 Å². The van der Waals surface area contributed by atoms with E-state index in [1.54, 1.807) is 0 Å². The second-order valence-corrected chi connectivity index (χ2v) is 6.39. The Hall–Kier alpha value is -1.10. The molecule has 5 heteroatoms. The molecule has 0 rings (SSSR count). The topological polar surface area (TPSA) is 61.4 Å². The summed E-state index contributed by atoms with van der Waals surface area (Å²) in [4.78, 5) is 25.5. The Kier molecular flexibility index (Phi) is 9.21. The number of carbonyl (C=O) groups excluding carboxylic acids is 2. The van der Waals surface area contributed by atoms with E-state index in [0.29, 0.717) is 24.9 Å². The first-order valence-electron chi connectivity index (χ1n) is 7.49. The van der Waals surface area contributed by atoms with E-state index >= 15 is 0 Å².